The summed E-state index contributed by atoms with van der Waals surface area (Å²) >= 11 is 16.9. The molecule has 18 heavy (non-hydrogen) atoms. The lowest BCUT2D eigenvalue weighted by molar-refractivity contribution is -0.141. The molecule has 1 rings (SSSR count). The first-order chi connectivity index (χ1) is 8.45. The first-order valence-corrected chi connectivity index (χ1v) is 6.49. The van der Waals surface area contributed by atoms with Crippen LogP contribution in [0.2, 0.25) is 10.0 Å². The lowest BCUT2D eigenvalue weighted by Gasteiger charge is -2.20. The predicted molar refractivity (Wildman–Crippen MR) is 78.7 cm³/mol. The molecule has 1 aromatic carbocycles. The Morgan fingerprint density at radius 2 is 2.06 bits per heavy atom. The van der Waals surface area contributed by atoms with Crippen molar-refractivity contribution in [1.82, 2.24) is 0 Å². The number of halogens is 2. The van der Waals surface area contributed by atoms with Crippen LogP contribution in [-0.4, -0.2) is 24.6 Å². The van der Waals surface area contributed by atoms with Crippen LogP contribution in [0.15, 0.2) is 18.2 Å². The van der Waals surface area contributed by atoms with Crippen molar-refractivity contribution in [2.45, 2.75) is 13.3 Å². The van der Waals surface area contributed by atoms with Crippen molar-refractivity contribution in [2.24, 2.45) is 0 Å². The van der Waals surface area contributed by atoms with E-state index in [1.807, 2.05) is 0 Å². The molecular weight excluding hydrogens is 293 g/mol. The van der Waals surface area contributed by atoms with Crippen LogP contribution in [0.5, 0.6) is 0 Å². The third-order valence-corrected chi connectivity index (χ3v) is 3.42. The molecule has 0 heterocycles. The first kappa shape index (κ1) is 15.2. The molecule has 1 aromatic rings. The summed E-state index contributed by atoms with van der Waals surface area (Å²) in [6.45, 7) is 2.10. The van der Waals surface area contributed by atoms with Crippen LogP contribution in [0.25, 0.3) is 0 Å². The Morgan fingerprint density at radius 1 is 1.39 bits per heavy atom. The molecule has 0 unspecified atom stereocenters. The first-order valence-electron chi connectivity index (χ1n) is 5.33. The third-order valence-electron chi connectivity index (χ3n) is 2.27. The van der Waals surface area contributed by atoms with Crippen molar-refractivity contribution in [3.8, 4) is 0 Å². The highest BCUT2D eigenvalue weighted by Crippen LogP contribution is 2.27. The summed E-state index contributed by atoms with van der Waals surface area (Å²) in [5, 5.41) is 0.921. The van der Waals surface area contributed by atoms with Crippen molar-refractivity contribution in [3.05, 3.63) is 28.2 Å². The number of rotatable bonds is 4. The molecule has 0 radical (unpaired) electrons. The number of hydrogen-bond acceptors (Lipinski definition) is 3. The number of esters is 1. The Morgan fingerprint density at radius 3 is 2.61 bits per heavy atom. The Kier molecular flexibility index (Phi) is 5.85. The largest absolute Gasteiger partial charge is 0.466 e. The Bertz CT molecular complexity index is 465. The molecule has 0 amide bonds. The van der Waals surface area contributed by atoms with Crippen LogP contribution in [0.4, 0.5) is 5.69 Å². The summed E-state index contributed by atoms with van der Waals surface area (Å²) in [4.78, 5) is 13.5. The topological polar surface area (TPSA) is 29.5 Å². The number of thiocarbonyl (C=S) groups is 1. The molecule has 0 saturated heterocycles. The molecule has 0 atom stereocenters. The van der Waals surface area contributed by atoms with Gasteiger partial charge in [0.05, 0.1) is 28.1 Å². The number of anilines is 1. The maximum absolute atomic E-state index is 11.3. The number of benzene rings is 1. The zero-order valence-electron chi connectivity index (χ0n) is 10.1. The van der Waals surface area contributed by atoms with Crippen LogP contribution < -0.4 is 4.90 Å². The fraction of sp³-hybridized carbons (Fsp3) is 0.333. The maximum atomic E-state index is 11.3. The second kappa shape index (κ2) is 6.92. The number of hydrogen-bond donors (Lipinski definition) is 0. The molecule has 0 saturated carbocycles. The predicted octanol–water partition coefficient (Wildman–Crippen LogP) is 3.71. The minimum absolute atomic E-state index is 0.0694. The van der Waals surface area contributed by atoms with Gasteiger partial charge < -0.3 is 9.64 Å². The molecule has 0 bridgehead atoms. The Hall–Kier alpha value is -0.840. The van der Waals surface area contributed by atoms with E-state index in [-0.39, 0.29) is 12.4 Å². The molecule has 98 valence electrons. The molecule has 0 aromatic heterocycles. The average molecular weight is 306 g/mol. The van der Waals surface area contributed by atoms with Crippen LogP contribution in [0.1, 0.15) is 13.3 Å². The highest BCUT2D eigenvalue weighted by molar-refractivity contribution is 7.80. The van der Waals surface area contributed by atoms with Gasteiger partial charge in [0.25, 0.3) is 0 Å². The molecule has 0 aliphatic carbocycles. The average Bonchev–Trinajstić information content (AvgIpc) is 2.32. The minimum Gasteiger partial charge on any atom is -0.466 e. The zero-order chi connectivity index (χ0) is 13.7. The monoisotopic (exact) mass is 305 g/mol. The lowest BCUT2D eigenvalue weighted by Crippen LogP contribution is -2.27. The van der Waals surface area contributed by atoms with Crippen molar-refractivity contribution in [2.75, 3.05) is 18.6 Å². The number of ether oxygens (including phenoxy) is 1. The molecule has 0 spiro atoms. The van der Waals surface area contributed by atoms with E-state index < -0.39 is 0 Å². The second-order valence-electron chi connectivity index (χ2n) is 3.53. The van der Waals surface area contributed by atoms with E-state index >= 15 is 0 Å². The van der Waals surface area contributed by atoms with Crippen molar-refractivity contribution >= 4 is 52.1 Å². The fourth-order valence-corrected chi connectivity index (χ4v) is 1.81. The number of nitrogens with zero attached hydrogens (tertiary/aromatic N) is 1. The Balaban J connectivity index is 2.74. The van der Waals surface area contributed by atoms with Crippen molar-refractivity contribution < 1.29 is 9.53 Å². The van der Waals surface area contributed by atoms with Gasteiger partial charge in [-0.25, -0.2) is 0 Å². The molecule has 0 N–H and O–H groups in total. The quantitative estimate of drug-likeness (QED) is 0.626. The third kappa shape index (κ3) is 4.12. The van der Waals surface area contributed by atoms with Gasteiger partial charge in [0.1, 0.15) is 0 Å². The van der Waals surface area contributed by atoms with Gasteiger partial charge in [-0.1, -0.05) is 35.4 Å². The summed E-state index contributed by atoms with van der Waals surface area (Å²) < 4.78 is 4.84. The molecule has 0 aliphatic heterocycles. The van der Waals surface area contributed by atoms with E-state index in [0.717, 1.165) is 5.69 Å². The fourth-order valence-electron chi connectivity index (χ4n) is 1.29. The minimum atomic E-state index is -0.339. The zero-order valence-corrected chi connectivity index (χ0v) is 12.4. The summed E-state index contributed by atoms with van der Waals surface area (Å²) in [5.41, 5.74) is 0.777. The van der Waals surface area contributed by atoms with Gasteiger partial charge >= 0.3 is 5.97 Å². The summed E-state index contributed by atoms with van der Waals surface area (Å²) in [6.07, 6.45) is 0.0694. The standard InChI is InChI=1S/C12H13Cl2NO2S/c1-3-17-12(16)7-11(18)15(2)8-4-5-9(13)10(14)6-8/h4-6H,3,7H2,1-2H3. The van der Waals surface area contributed by atoms with Crippen LogP contribution in [0.3, 0.4) is 0 Å². The van der Waals surface area contributed by atoms with Gasteiger partial charge in [0, 0.05) is 12.7 Å². The van der Waals surface area contributed by atoms with E-state index in [2.05, 4.69) is 0 Å². The Labute approximate surface area is 122 Å². The van der Waals surface area contributed by atoms with Gasteiger partial charge in [0.2, 0.25) is 0 Å². The maximum Gasteiger partial charge on any atom is 0.312 e. The van der Waals surface area contributed by atoms with Gasteiger partial charge in [-0.2, -0.15) is 0 Å². The smallest absolute Gasteiger partial charge is 0.312 e. The molecule has 0 aliphatic rings. The molecular formula is C12H13Cl2NO2S. The van der Waals surface area contributed by atoms with Gasteiger partial charge in [-0.15, -0.1) is 0 Å². The van der Waals surface area contributed by atoms with E-state index in [4.69, 9.17) is 40.2 Å². The van der Waals surface area contributed by atoms with E-state index in [9.17, 15) is 4.79 Å². The summed E-state index contributed by atoms with van der Waals surface area (Å²) in [5.74, 6) is -0.339. The summed E-state index contributed by atoms with van der Waals surface area (Å²) in [7, 11) is 1.77. The number of carbonyl (C=O) groups is 1. The highest BCUT2D eigenvalue weighted by atomic mass is 35.5. The van der Waals surface area contributed by atoms with Gasteiger partial charge in [-0.05, 0) is 25.1 Å². The van der Waals surface area contributed by atoms with Crippen LogP contribution >= 0.6 is 35.4 Å². The number of carbonyl (C=O) groups excluding carboxylic acids is 1. The van der Waals surface area contributed by atoms with E-state index in [0.29, 0.717) is 21.6 Å². The van der Waals surface area contributed by atoms with Gasteiger partial charge in [-0.3, -0.25) is 4.79 Å². The molecule has 6 heteroatoms. The normalized spacial score (nSPS) is 10.0. The second-order valence-corrected chi connectivity index (χ2v) is 4.82. The SMILES string of the molecule is CCOC(=O)CC(=S)N(C)c1ccc(Cl)c(Cl)c1. The van der Waals surface area contributed by atoms with Gasteiger partial charge in [0.15, 0.2) is 0 Å². The van der Waals surface area contributed by atoms with Crippen molar-refractivity contribution in [1.29, 1.82) is 0 Å². The summed E-state index contributed by atoms with van der Waals surface area (Å²) in [6, 6.07) is 5.16. The van der Waals surface area contributed by atoms with Crippen LogP contribution in [-0.2, 0) is 9.53 Å². The molecule has 3 nitrogen and oxygen atoms in total. The highest BCUT2D eigenvalue weighted by Gasteiger charge is 2.13. The van der Waals surface area contributed by atoms with E-state index in [1.165, 1.54) is 0 Å². The van der Waals surface area contributed by atoms with Crippen LogP contribution in [0, 0.1) is 0 Å². The molecule has 0 fully saturated rings. The van der Waals surface area contributed by atoms with Crippen molar-refractivity contribution in [3.63, 3.8) is 0 Å². The lowest BCUT2D eigenvalue weighted by atomic mass is 10.3. The van der Waals surface area contributed by atoms with E-state index in [1.54, 1.807) is 37.1 Å².